The summed E-state index contributed by atoms with van der Waals surface area (Å²) in [6, 6.07) is 23.8. The Balaban J connectivity index is 1.44. The zero-order valence-corrected chi connectivity index (χ0v) is 16.7. The second kappa shape index (κ2) is 9.04. The van der Waals surface area contributed by atoms with Gasteiger partial charge in [-0.25, -0.2) is 4.39 Å². The standard InChI is InChI=1S/C24H19FN4O2/c1-31-21-11-9-19(10-12-21)27-24(30)17-3-2-4-20(15-17)26-23-14-13-22(28-29-23)16-5-7-18(25)8-6-16/h2-15H,1H3,(H,26,29)(H,27,30). The quantitative estimate of drug-likeness (QED) is 0.449. The van der Waals surface area contributed by atoms with E-state index in [2.05, 4.69) is 20.8 Å². The largest absolute Gasteiger partial charge is 0.497 e. The number of anilines is 3. The molecule has 0 spiro atoms. The molecule has 1 heterocycles. The highest BCUT2D eigenvalue weighted by molar-refractivity contribution is 6.04. The first kappa shape index (κ1) is 20.0. The molecule has 0 bridgehead atoms. The van der Waals surface area contributed by atoms with Crippen molar-refractivity contribution in [3.05, 3.63) is 96.3 Å². The molecular weight excluding hydrogens is 395 g/mol. The lowest BCUT2D eigenvalue weighted by molar-refractivity contribution is 0.102. The molecule has 2 N–H and O–H groups in total. The monoisotopic (exact) mass is 414 g/mol. The Hall–Kier alpha value is -4.26. The van der Waals surface area contributed by atoms with Crippen LogP contribution >= 0.6 is 0 Å². The lowest BCUT2D eigenvalue weighted by atomic mass is 10.1. The molecule has 0 saturated heterocycles. The molecule has 0 radical (unpaired) electrons. The predicted octanol–water partition coefficient (Wildman–Crippen LogP) is 5.29. The van der Waals surface area contributed by atoms with E-state index in [4.69, 9.17) is 4.74 Å². The van der Waals surface area contributed by atoms with Crippen LogP contribution in [-0.4, -0.2) is 23.2 Å². The summed E-state index contributed by atoms with van der Waals surface area (Å²) in [7, 11) is 1.59. The number of rotatable bonds is 6. The van der Waals surface area contributed by atoms with Crippen molar-refractivity contribution in [2.45, 2.75) is 0 Å². The Morgan fingerprint density at radius 2 is 1.65 bits per heavy atom. The zero-order valence-electron chi connectivity index (χ0n) is 16.7. The van der Waals surface area contributed by atoms with E-state index >= 15 is 0 Å². The number of nitrogens with zero attached hydrogens (tertiary/aromatic N) is 2. The number of amides is 1. The van der Waals surface area contributed by atoms with Crippen molar-refractivity contribution in [1.82, 2.24) is 10.2 Å². The fourth-order valence-electron chi connectivity index (χ4n) is 2.94. The minimum atomic E-state index is -0.300. The maximum Gasteiger partial charge on any atom is 0.255 e. The molecule has 0 aliphatic heterocycles. The summed E-state index contributed by atoms with van der Waals surface area (Å²) in [5, 5.41) is 14.3. The van der Waals surface area contributed by atoms with Gasteiger partial charge in [0, 0.05) is 22.5 Å². The minimum absolute atomic E-state index is 0.230. The first-order valence-electron chi connectivity index (χ1n) is 9.53. The fraction of sp³-hybridized carbons (Fsp3) is 0.0417. The molecule has 7 heteroatoms. The molecule has 0 aliphatic carbocycles. The second-order valence-electron chi connectivity index (χ2n) is 6.70. The van der Waals surface area contributed by atoms with Crippen molar-refractivity contribution >= 4 is 23.1 Å². The summed E-state index contributed by atoms with van der Waals surface area (Å²) in [4.78, 5) is 12.6. The van der Waals surface area contributed by atoms with Gasteiger partial charge < -0.3 is 15.4 Å². The van der Waals surface area contributed by atoms with Gasteiger partial charge in [0.15, 0.2) is 5.82 Å². The number of carbonyl (C=O) groups is 1. The Morgan fingerprint density at radius 1 is 0.871 bits per heavy atom. The van der Waals surface area contributed by atoms with Gasteiger partial charge in [-0.2, -0.15) is 0 Å². The van der Waals surface area contributed by atoms with E-state index in [0.717, 1.165) is 11.3 Å². The van der Waals surface area contributed by atoms with Crippen LogP contribution in [0.25, 0.3) is 11.3 Å². The van der Waals surface area contributed by atoms with Gasteiger partial charge in [0.2, 0.25) is 0 Å². The van der Waals surface area contributed by atoms with E-state index in [1.165, 1.54) is 12.1 Å². The van der Waals surface area contributed by atoms with Crippen molar-refractivity contribution in [3.8, 4) is 17.0 Å². The van der Waals surface area contributed by atoms with E-state index < -0.39 is 0 Å². The van der Waals surface area contributed by atoms with Gasteiger partial charge in [-0.15, -0.1) is 10.2 Å². The number of hydrogen-bond acceptors (Lipinski definition) is 5. The average molecular weight is 414 g/mol. The smallest absolute Gasteiger partial charge is 0.255 e. The number of nitrogens with one attached hydrogen (secondary N) is 2. The number of ether oxygens (including phenoxy) is 1. The molecule has 3 aromatic carbocycles. The normalized spacial score (nSPS) is 10.4. The summed E-state index contributed by atoms with van der Waals surface area (Å²) in [6.45, 7) is 0. The maximum atomic E-state index is 13.1. The van der Waals surface area contributed by atoms with Gasteiger partial charge in [0.05, 0.1) is 12.8 Å². The van der Waals surface area contributed by atoms with Crippen molar-refractivity contribution in [2.24, 2.45) is 0 Å². The first-order valence-corrected chi connectivity index (χ1v) is 9.53. The summed E-state index contributed by atoms with van der Waals surface area (Å²) in [5.74, 6) is 0.715. The van der Waals surface area contributed by atoms with Crippen LogP contribution in [0.15, 0.2) is 84.9 Å². The zero-order chi connectivity index (χ0) is 21.6. The highest BCUT2D eigenvalue weighted by atomic mass is 19.1. The minimum Gasteiger partial charge on any atom is -0.497 e. The van der Waals surface area contributed by atoms with Gasteiger partial charge in [0.1, 0.15) is 11.6 Å². The fourth-order valence-corrected chi connectivity index (χ4v) is 2.94. The Bertz CT molecular complexity index is 1180. The molecule has 4 rings (SSSR count). The van der Waals surface area contributed by atoms with Gasteiger partial charge in [-0.1, -0.05) is 6.07 Å². The third kappa shape index (κ3) is 5.02. The summed E-state index contributed by atoms with van der Waals surface area (Å²) in [6.07, 6.45) is 0. The third-order valence-electron chi connectivity index (χ3n) is 4.55. The Labute approximate surface area is 178 Å². The molecular formula is C24H19FN4O2. The number of aromatic nitrogens is 2. The lowest BCUT2D eigenvalue weighted by Gasteiger charge is -2.09. The molecule has 154 valence electrons. The molecule has 1 amide bonds. The summed E-state index contributed by atoms with van der Waals surface area (Å²) >= 11 is 0. The highest BCUT2D eigenvalue weighted by Crippen LogP contribution is 2.21. The number of carbonyl (C=O) groups excluding carboxylic acids is 1. The van der Waals surface area contributed by atoms with Gasteiger partial charge in [-0.3, -0.25) is 4.79 Å². The summed E-state index contributed by atoms with van der Waals surface area (Å²) < 4.78 is 18.2. The van der Waals surface area contributed by atoms with E-state index in [-0.39, 0.29) is 11.7 Å². The van der Waals surface area contributed by atoms with Gasteiger partial charge >= 0.3 is 0 Å². The first-order chi connectivity index (χ1) is 15.1. The summed E-state index contributed by atoms with van der Waals surface area (Å²) in [5.41, 5.74) is 3.28. The molecule has 1 aromatic heterocycles. The van der Waals surface area contributed by atoms with Crippen molar-refractivity contribution in [3.63, 3.8) is 0 Å². The topological polar surface area (TPSA) is 76.1 Å². The van der Waals surface area contributed by atoms with Gasteiger partial charge in [0.25, 0.3) is 5.91 Å². The predicted molar refractivity (Wildman–Crippen MR) is 118 cm³/mol. The highest BCUT2D eigenvalue weighted by Gasteiger charge is 2.08. The number of benzene rings is 3. The molecule has 0 fully saturated rings. The average Bonchev–Trinajstić information content (AvgIpc) is 2.81. The van der Waals surface area contributed by atoms with Crippen molar-refractivity contribution in [2.75, 3.05) is 17.7 Å². The molecule has 0 unspecified atom stereocenters. The Morgan fingerprint density at radius 3 is 2.32 bits per heavy atom. The Kier molecular flexibility index (Phi) is 5.84. The van der Waals surface area contributed by atoms with Crippen LogP contribution in [0.1, 0.15) is 10.4 Å². The van der Waals surface area contributed by atoms with Crippen LogP contribution < -0.4 is 15.4 Å². The lowest BCUT2D eigenvalue weighted by Crippen LogP contribution is -2.12. The molecule has 0 atom stereocenters. The number of methoxy groups -OCH3 is 1. The molecule has 4 aromatic rings. The molecule has 0 saturated carbocycles. The van der Waals surface area contributed by atoms with E-state index in [1.807, 2.05) is 6.07 Å². The number of halogens is 1. The molecule has 31 heavy (non-hydrogen) atoms. The van der Waals surface area contributed by atoms with Crippen LogP contribution in [0.2, 0.25) is 0 Å². The van der Waals surface area contributed by atoms with E-state index in [9.17, 15) is 9.18 Å². The van der Waals surface area contributed by atoms with Crippen LogP contribution in [0.4, 0.5) is 21.6 Å². The number of hydrogen-bond donors (Lipinski definition) is 2. The maximum absolute atomic E-state index is 13.1. The second-order valence-corrected chi connectivity index (χ2v) is 6.70. The van der Waals surface area contributed by atoms with E-state index in [0.29, 0.717) is 28.5 Å². The van der Waals surface area contributed by atoms with Crippen LogP contribution in [0, 0.1) is 5.82 Å². The van der Waals surface area contributed by atoms with Crippen LogP contribution in [0.5, 0.6) is 5.75 Å². The van der Waals surface area contributed by atoms with Crippen LogP contribution in [-0.2, 0) is 0 Å². The van der Waals surface area contributed by atoms with Gasteiger partial charge in [-0.05, 0) is 78.9 Å². The molecule has 0 aliphatic rings. The SMILES string of the molecule is COc1ccc(NC(=O)c2cccc(Nc3ccc(-c4ccc(F)cc4)nn3)c2)cc1. The van der Waals surface area contributed by atoms with Crippen LogP contribution in [0.3, 0.4) is 0 Å². The van der Waals surface area contributed by atoms with Crippen molar-refractivity contribution in [1.29, 1.82) is 0 Å². The van der Waals surface area contributed by atoms with E-state index in [1.54, 1.807) is 73.8 Å². The molecule has 6 nitrogen and oxygen atoms in total. The third-order valence-corrected chi connectivity index (χ3v) is 4.55. The van der Waals surface area contributed by atoms with Crippen molar-refractivity contribution < 1.29 is 13.9 Å².